The Morgan fingerprint density at radius 3 is 2.83 bits per heavy atom. The summed E-state index contributed by atoms with van der Waals surface area (Å²) >= 11 is 0. The van der Waals surface area contributed by atoms with Gasteiger partial charge >= 0.3 is 0 Å². The van der Waals surface area contributed by atoms with Crippen LogP contribution in [-0.4, -0.2) is 19.3 Å². The molecule has 0 amide bonds. The maximum absolute atomic E-state index is 6.35. The molecule has 0 bridgehead atoms. The molecule has 0 aromatic heterocycles. The van der Waals surface area contributed by atoms with Gasteiger partial charge in [0.1, 0.15) is 11.9 Å². The van der Waals surface area contributed by atoms with E-state index < -0.39 is 0 Å². The molecule has 2 fully saturated rings. The molecule has 0 spiro atoms. The van der Waals surface area contributed by atoms with Gasteiger partial charge in [-0.25, -0.2) is 0 Å². The molecule has 3 rings (SSSR count). The lowest BCUT2D eigenvalue weighted by Crippen LogP contribution is -2.43. The molecule has 1 aromatic carbocycles. The second kappa shape index (κ2) is 4.90. The molecule has 1 atom stereocenters. The molecule has 2 aliphatic rings. The summed E-state index contributed by atoms with van der Waals surface area (Å²) < 4.78 is 11.4. The predicted molar refractivity (Wildman–Crippen MR) is 70.6 cm³/mol. The Morgan fingerprint density at radius 1 is 1.28 bits per heavy atom. The fourth-order valence-corrected chi connectivity index (χ4v) is 2.72. The van der Waals surface area contributed by atoms with Crippen molar-refractivity contribution in [3.63, 3.8) is 0 Å². The minimum atomic E-state index is -0.109. The van der Waals surface area contributed by atoms with Crippen molar-refractivity contribution in [2.45, 2.75) is 43.7 Å². The number of hydrogen-bond acceptors (Lipinski definition) is 3. The first-order valence-electron chi connectivity index (χ1n) is 6.90. The van der Waals surface area contributed by atoms with E-state index >= 15 is 0 Å². The van der Waals surface area contributed by atoms with Gasteiger partial charge in [0, 0.05) is 12.1 Å². The first-order chi connectivity index (χ1) is 8.76. The second-order valence-corrected chi connectivity index (χ2v) is 5.49. The van der Waals surface area contributed by atoms with E-state index in [4.69, 9.17) is 15.2 Å². The Bertz CT molecular complexity index is 409. The third kappa shape index (κ3) is 2.38. The van der Waals surface area contributed by atoms with Crippen LogP contribution in [0.1, 0.15) is 37.7 Å². The Labute approximate surface area is 108 Å². The van der Waals surface area contributed by atoms with Crippen LogP contribution < -0.4 is 10.5 Å². The molecule has 1 saturated heterocycles. The van der Waals surface area contributed by atoms with Crippen molar-refractivity contribution in [2.24, 2.45) is 5.73 Å². The van der Waals surface area contributed by atoms with E-state index in [-0.39, 0.29) is 11.6 Å². The average Bonchev–Trinajstić information content (AvgIpc) is 2.37. The molecule has 1 aliphatic carbocycles. The van der Waals surface area contributed by atoms with Crippen LogP contribution in [0.3, 0.4) is 0 Å². The van der Waals surface area contributed by atoms with Gasteiger partial charge in [-0.15, -0.1) is 0 Å². The third-order valence-corrected chi connectivity index (χ3v) is 4.08. The first-order valence-corrected chi connectivity index (χ1v) is 6.90. The topological polar surface area (TPSA) is 44.5 Å². The minimum absolute atomic E-state index is 0.109. The SMILES string of the molecule is NC1(c2cccc(OC3CCCOC3)c2)CCC1. The van der Waals surface area contributed by atoms with Gasteiger partial charge in [-0.2, -0.15) is 0 Å². The standard InChI is InChI=1S/C15H21NO2/c16-15(7-3-8-15)12-4-1-5-13(10-12)18-14-6-2-9-17-11-14/h1,4-5,10,14H,2-3,6-9,11,16H2. The van der Waals surface area contributed by atoms with Crippen molar-refractivity contribution in [2.75, 3.05) is 13.2 Å². The molecule has 3 nitrogen and oxygen atoms in total. The van der Waals surface area contributed by atoms with Crippen molar-refractivity contribution in [3.05, 3.63) is 29.8 Å². The zero-order valence-corrected chi connectivity index (χ0v) is 10.7. The smallest absolute Gasteiger partial charge is 0.122 e. The van der Waals surface area contributed by atoms with E-state index in [0.29, 0.717) is 6.61 Å². The lowest BCUT2D eigenvalue weighted by Gasteiger charge is -2.38. The van der Waals surface area contributed by atoms with Gasteiger partial charge in [0.05, 0.1) is 6.61 Å². The lowest BCUT2D eigenvalue weighted by molar-refractivity contribution is 0.00733. The molecule has 18 heavy (non-hydrogen) atoms. The zero-order chi connectivity index (χ0) is 12.4. The highest BCUT2D eigenvalue weighted by atomic mass is 16.5. The van der Waals surface area contributed by atoms with Crippen LogP contribution in [-0.2, 0) is 10.3 Å². The molecule has 0 radical (unpaired) electrons. The maximum atomic E-state index is 6.35. The van der Waals surface area contributed by atoms with Crippen LogP contribution in [0, 0.1) is 0 Å². The van der Waals surface area contributed by atoms with Crippen molar-refractivity contribution in [1.29, 1.82) is 0 Å². The lowest BCUT2D eigenvalue weighted by atomic mass is 9.73. The summed E-state index contributed by atoms with van der Waals surface area (Å²) in [5.41, 5.74) is 7.45. The summed E-state index contributed by atoms with van der Waals surface area (Å²) in [7, 11) is 0. The fourth-order valence-electron chi connectivity index (χ4n) is 2.72. The molecule has 1 aromatic rings. The van der Waals surface area contributed by atoms with Gasteiger partial charge in [0.25, 0.3) is 0 Å². The van der Waals surface area contributed by atoms with Gasteiger partial charge in [0.2, 0.25) is 0 Å². The van der Waals surface area contributed by atoms with Crippen LogP contribution in [0.4, 0.5) is 0 Å². The van der Waals surface area contributed by atoms with E-state index in [1.807, 2.05) is 12.1 Å². The van der Waals surface area contributed by atoms with Crippen LogP contribution in [0.25, 0.3) is 0 Å². The summed E-state index contributed by atoms with van der Waals surface area (Å²) in [6.07, 6.45) is 5.77. The Balaban J connectivity index is 1.70. The maximum Gasteiger partial charge on any atom is 0.122 e. The van der Waals surface area contributed by atoms with Gasteiger partial charge in [-0.1, -0.05) is 12.1 Å². The van der Waals surface area contributed by atoms with Crippen molar-refractivity contribution < 1.29 is 9.47 Å². The van der Waals surface area contributed by atoms with E-state index in [9.17, 15) is 0 Å². The summed E-state index contributed by atoms with van der Waals surface area (Å²) in [5.74, 6) is 0.930. The van der Waals surface area contributed by atoms with E-state index in [1.54, 1.807) is 0 Å². The number of nitrogens with two attached hydrogens (primary N) is 1. The largest absolute Gasteiger partial charge is 0.488 e. The summed E-state index contributed by atoms with van der Waals surface area (Å²) in [4.78, 5) is 0. The van der Waals surface area contributed by atoms with Crippen molar-refractivity contribution in [1.82, 2.24) is 0 Å². The van der Waals surface area contributed by atoms with Gasteiger partial charge < -0.3 is 15.2 Å². The summed E-state index contributed by atoms with van der Waals surface area (Å²) in [5, 5.41) is 0. The molecular weight excluding hydrogens is 226 g/mol. The molecule has 3 heteroatoms. The van der Waals surface area contributed by atoms with Crippen LogP contribution in [0.15, 0.2) is 24.3 Å². The van der Waals surface area contributed by atoms with Crippen LogP contribution >= 0.6 is 0 Å². The molecular formula is C15H21NO2. The molecule has 1 heterocycles. The fraction of sp³-hybridized carbons (Fsp3) is 0.600. The second-order valence-electron chi connectivity index (χ2n) is 5.49. The van der Waals surface area contributed by atoms with Crippen LogP contribution in [0.2, 0.25) is 0 Å². The quantitative estimate of drug-likeness (QED) is 0.893. The van der Waals surface area contributed by atoms with E-state index in [0.717, 1.165) is 38.0 Å². The molecule has 1 aliphatic heterocycles. The zero-order valence-electron chi connectivity index (χ0n) is 10.7. The third-order valence-electron chi connectivity index (χ3n) is 4.08. The monoisotopic (exact) mass is 247 g/mol. The molecule has 1 unspecified atom stereocenters. The number of rotatable bonds is 3. The predicted octanol–water partition coefficient (Wildman–Crippen LogP) is 2.58. The summed E-state index contributed by atoms with van der Waals surface area (Å²) in [6.45, 7) is 1.57. The van der Waals surface area contributed by atoms with Gasteiger partial charge in [0.15, 0.2) is 0 Å². The highest BCUT2D eigenvalue weighted by Gasteiger charge is 2.34. The normalized spacial score (nSPS) is 26.4. The van der Waals surface area contributed by atoms with Gasteiger partial charge in [-0.05, 0) is 49.8 Å². The highest BCUT2D eigenvalue weighted by Crippen LogP contribution is 2.39. The Morgan fingerprint density at radius 2 is 2.17 bits per heavy atom. The molecule has 2 N–H and O–H groups in total. The van der Waals surface area contributed by atoms with Gasteiger partial charge in [-0.3, -0.25) is 0 Å². The average molecular weight is 247 g/mol. The Kier molecular flexibility index (Phi) is 3.27. The van der Waals surface area contributed by atoms with E-state index in [1.165, 1.54) is 12.0 Å². The van der Waals surface area contributed by atoms with Crippen molar-refractivity contribution in [3.8, 4) is 5.75 Å². The number of hydrogen-bond donors (Lipinski definition) is 1. The molecule has 1 saturated carbocycles. The number of ether oxygens (including phenoxy) is 2. The van der Waals surface area contributed by atoms with Crippen molar-refractivity contribution >= 4 is 0 Å². The summed E-state index contributed by atoms with van der Waals surface area (Å²) in [6, 6.07) is 8.28. The van der Waals surface area contributed by atoms with Crippen LogP contribution in [0.5, 0.6) is 5.75 Å². The minimum Gasteiger partial charge on any atom is -0.488 e. The highest BCUT2D eigenvalue weighted by molar-refractivity contribution is 5.34. The number of benzene rings is 1. The Hall–Kier alpha value is -1.06. The molecule has 98 valence electrons. The van der Waals surface area contributed by atoms with E-state index in [2.05, 4.69) is 12.1 Å². The first kappa shape index (κ1) is 12.0.